The number of rotatable bonds is 2. The van der Waals surface area contributed by atoms with Crippen molar-refractivity contribution in [1.29, 1.82) is 0 Å². The van der Waals surface area contributed by atoms with E-state index in [0.717, 1.165) is 5.56 Å². The lowest BCUT2D eigenvalue weighted by Crippen LogP contribution is -1.94. The molecule has 0 saturated carbocycles. The Labute approximate surface area is 105 Å². The Morgan fingerprint density at radius 1 is 1.39 bits per heavy atom. The molecule has 2 rings (SSSR count). The van der Waals surface area contributed by atoms with Crippen molar-refractivity contribution in [2.24, 2.45) is 0 Å². The Morgan fingerprint density at radius 3 is 2.61 bits per heavy atom. The fourth-order valence-electron chi connectivity index (χ4n) is 1.76. The molecule has 0 unspecified atom stereocenters. The third-order valence-electron chi connectivity index (χ3n) is 2.68. The molecular formula is C14H12N2O2. The van der Waals surface area contributed by atoms with Gasteiger partial charge in [0.2, 0.25) is 0 Å². The van der Waals surface area contributed by atoms with Gasteiger partial charge in [-0.25, -0.2) is 4.85 Å². The summed E-state index contributed by atoms with van der Waals surface area (Å²) in [5, 5.41) is 0. The largest absolute Gasteiger partial charge is 0.432 e. The fourth-order valence-corrected chi connectivity index (χ4v) is 1.76. The van der Waals surface area contributed by atoms with Crippen LogP contribution in [0, 0.1) is 6.57 Å². The summed E-state index contributed by atoms with van der Waals surface area (Å²) in [6.45, 7) is 8.87. The normalized spacial score (nSPS) is 16.9. The topological polar surface area (TPSA) is 56.7 Å². The second-order valence-electron chi connectivity index (χ2n) is 3.86. The Bertz CT molecular complexity index is 589. The Hall–Kier alpha value is -2.54. The smallest absolute Gasteiger partial charge is 0.342 e. The number of hydrogen-bond acceptors (Lipinski definition) is 3. The van der Waals surface area contributed by atoms with Gasteiger partial charge in [-0.05, 0) is 30.2 Å². The molecule has 4 heteroatoms. The second-order valence-corrected chi connectivity index (χ2v) is 3.86. The van der Waals surface area contributed by atoms with Gasteiger partial charge in [0.25, 0.3) is 5.70 Å². The molecule has 0 aromatic heterocycles. The molecule has 18 heavy (non-hydrogen) atoms. The van der Waals surface area contributed by atoms with Crippen LogP contribution in [-0.4, -0.2) is 5.97 Å². The zero-order chi connectivity index (χ0) is 13.1. The van der Waals surface area contributed by atoms with Crippen LogP contribution in [0.2, 0.25) is 0 Å². The number of carbonyl (C=O) groups excluding carboxylic acids is 1. The molecule has 90 valence electrons. The number of nitrogens with zero attached hydrogens (tertiary/aromatic N) is 1. The molecule has 1 aliphatic heterocycles. The minimum absolute atomic E-state index is 0.0826. The van der Waals surface area contributed by atoms with Crippen molar-refractivity contribution >= 4 is 17.7 Å². The molecule has 1 aliphatic rings. The molecule has 0 bridgehead atoms. The van der Waals surface area contributed by atoms with Gasteiger partial charge in [-0.1, -0.05) is 19.1 Å². The lowest BCUT2D eigenvalue weighted by Gasteiger charge is -2.02. The van der Waals surface area contributed by atoms with Gasteiger partial charge < -0.3 is 10.5 Å². The molecule has 0 spiro atoms. The number of anilines is 1. The van der Waals surface area contributed by atoms with Crippen molar-refractivity contribution in [2.75, 3.05) is 5.73 Å². The molecule has 0 aliphatic carbocycles. The highest BCUT2D eigenvalue weighted by atomic mass is 16.5. The monoisotopic (exact) mass is 240 g/mol. The van der Waals surface area contributed by atoms with Crippen LogP contribution in [0.3, 0.4) is 0 Å². The second kappa shape index (κ2) is 4.76. The molecule has 1 aromatic carbocycles. The number of nitrogens with two attached hydrogens (primary N) is 1. The fraction of sp³-hybridized carbons (Fsp3) is 0.143. The Kier molecular flexibility index (Phi) is 3.16. The van der Waals surface area contributed by atoms with Gasteiger partial charge in [-0.2, -0.15) is 0 Å². The van der Waals surface area contributed by atoms with E-state index in [1.165, 1.54) is 0 Å². The summed E-state index contributed by atoms with van der Waals surface area (Å²) in [5.41, 5.74) is 7.89. The van der Waals surface area contributed by atoms with Crippen LogP contribution in [0.5, 0.6) is 0 Å². The number of esters is 1. The summed E-state index contributed by atoms with van der Waals surface area (Å²) >= 11 is 0. The highest BCUT2D eigenvalue weighted by molar-refractivity contribution is 5.97. The predicted molar refractivity (Wildman–Crippen MR) is 68.8 cm³/mol. The van der Waals surface area contributed by atoms with Crippen LogP contribution >= 0.6 is 0 Å². The van der Waals surface area contributed by atoms with Crippen molar-refractivity contribution in [3.05, 3.63) is 58.3 Å². The first-order valence-corrected chi connectivity index (χ1v) is 5.56. The van der Waals surface area contributed by atoms with E-state index < -0.39 is 5.97 Å². The van der Waals surface area contributed by atoms with E-state index in [-0.39, 0.29) is 5.70 Å². The Balaban J connectivity index is 2.41. The van der Waals surface area contributed by atoms with Gasteiger partial charge in [0.15, 0.2) is 0 Å². The summed E-state index contributed by atoms with van der Waals surface area (Å²) in [4.78, 5) is 14.7. The average Bonchev–Trinajstić information content (AvgIpc) is 2.67. The molecule has 0 atom stereocenters. The van der Waals surface area contributed by atoms with Crippen molar-refractivity contribution in [2.45, 2.75) is 13.3 Å². The Morgan fingerprint density at radius 2 is 2.06 bits per heavy atom. The quantitative estimate of drug-likeness (QED) is 0.491. The van der Waals surface area contributed by atoms with E-state index in [1.807, 2.05) is 19.1 Å². The van der Waals surface area contributed by atoms with Crippen molar-refractivity contribution in [3.63, 3.8) is 0 Å². The summed E-state index contributed by atoms with van der Waals surface area (Å²) in [5.74, 6) is -0.109. The summed E-state index contributed by atoms with van der Waals surface area (Å²) in [6.07, 6.45) is 2.33. The zero-order valence-electron chi connectivity index (χ0n) is 9.93. The minimum atomic E-state index is -0.566. The van der Waals surface area contributed by atoms with Gasteiger partial charge in [-0.3, -0.25) is 4.79 Å². The highest BCUT2D eigenvalue weighted by Gasteiger charge is 2.29. The standard InChI is InChI=1S/C14H12N2O2/c1-3-11-12(18-14(17)13(11)16-2)8-9-4-6-10(15)7-5-9/h4-8H,3,15H2,1H3. The number of allylic oxidation sites excluding steroid dienone is 1. The van der Waals surface area contributed by atoms with Gasteiger partial charge in [0.05, 0.1) is 6.57 Å². The van der Waals surface area contributed by atoms with Gasteiger partial charge in [0, 0.05) is 11.3 Å². The van der Waals surface area contributed by atoms with Crippen LogP contribution in [0.25, 0.3) is 10.9 Å². The van der Waals surface area contributed by atoms with E-state index in [2.05, 4.69) is 4.85 Å². The van der Waals surface area contributed by atoms with E-state index in [4.69, 9.17) is 17.0 Å². The zero-order valence-corrected chi connectivity index (χ0v) is 9.93. The summed E-state index contributed by atoms with van der Waals surface area (Å²) in [6, 6.07) is 7.21. The maximum absolute atomic E-state index is 11.5. The number of carbonyl (C=O) groups is 1. The van der Waals surface area contributed by atoms with Crippen LogP contribution < -0.4 is 5.73 Å². The molecule has 0 radical (unpaired) electrons. The third kappa shape index (κ3) is 2.11. The molecule has 1 aromatic rings. The van der Waals surface area contributed by atoms with Crippen molar-refractivity contribution in [3.8, 4) is 0 Å². The lowest BCUT2D eigenvalue weighted by molar-refractivity contribution is -0.132. The van der Waals surface area contributed by atoms with E-state index in [1.54, 1.807) is 18.2 Å². The lowest BCUT2D eigenvalue weighted by atomic mass is 10.1. The minimum Gasteiger partial charge on any atom is -0.432 e. The van der Waals surface area contributed by atoms with Crippen molar-refractivity contribution in [1.82, 2.24) is 0 Å². The molecule has 1 heterocycles. The predicted octanol–water partition coefficient (Wildman–Crippen LogP) is 2.75. The number of ether oxygens (including phenoxy) is 1. The number of cyclic esters (lactones) is 1. The molecule has 0 amide bonds. The summed E-state index contributed by atoms with van der Waals surface area (Å²) in [7, 11) is 0. The van der Waals surface area contributed by atoms with Gasteiger partial charge in [-0.15, -0.1) is 0 Å². The van der Waals surface area contributed by atoms with E-state index >= 15 is 0 Å². The maximum atomic E-state index is 11.5. The summed E-state index contributed by atoms with van der Waals surface area (Å²) < 4.78 is 5.11. The third-order valence-corrected chi connectivity index (χ3v) is 2.68. The molecule has 2 N–H and O–H groups in total. The number of nitrogen functional groups attached to an aromatic ring is 1. The molecule has 0 fully saturated rings. The van der Waals surface area contributed by atoms with E-state index in [9.17, 15) is 4.79 Å². The van der Waals surface area contributed by atoms with Crippen LogP contribution in [-0.2, 0) is 9.53 Å². The molecule has 4 nitrogen and oxygen atoms in total. The average molecular weight is 240 g/mol. The SMILES string of the molecule is [C-]#[N+]C1=C(CC)C(=Cc2ccc(N)cc2)OC1=O. The number of hydrogen-bond donors (Lipinski definition) is 1. The first-order chi connectivity index (χ1) is 8.65. The first kappa shape index (κ1) is 11.9. The molecule has 0 saturated heterocycles. The maximum Gasteiger partial charge on any atom is 0.342 e. The molecular weight excluding hydrogens is 228 g/mol. The highest BCUT2D eigenvalue weighted by Crippen LogP contribution is 2.31. The van der Waals surface area contributed by atoms with Crippen LogP contribution in [0.4, 0.5) is 5.69 Å². The van der Waals surface area contributed by atoms with Crippen LogP contribution in [0.1, 0.15) is 18.9 Å². The number of benzene rings is 1. The van der Waals surface area contributed by atoms with Gasteiger partial charge >= 0.3 is 5.97 Å². The van der Waals surface area contributed by atoms with Crippen LogP contribution in [0.15, 0.2) is 41.3 Å². The van der Waals surface area contributed by atoms with E-state index in [0.29, 0.717) is 23.4 Å². The first-order valence-electron chi connectivity index (χ1n) is 5.56. The van der Waals surface area contributed by atoms with Gasteiger partial charge in [0.1, 0.15) is 5.76 Å². The van der Waals surface area contributed by atoms with Crippen molar-refractivity contribution < 1.29 is 9.53 Å².